The smallest absolute Gasteiger partial charge is 0.408 e. The number of thioether (sulfide) groups is 2. The summed E-state index contributed by atoms with van der Waals surface area (Å²) in [7, 11) is 0. The van der Waals surface area contributed by atoms with Crippen molar-refractivity contribution in [2.45, 2.75) is 25.0 Å². The molecule has 0 bridgehead atoms. The fourth-order valence-corrected chi connectivity index (χ4v) is 6.05. The third kappa shape index (κ3) is 9.03. The molecule has 1 fully saturated rings. The number of β-lactam (4-membered cyclic amide) rings is 1. The molecule has 0 saturated carbocycles. The van der Waals surface area contributed by atoms with Gasteiger partial charge in [0.15, 0.2) is 0 Å². The Kier molecular flexibility index (Phi) is 11.6. The van der Waals surface area contributed by atoms with E-state index < -0.39 is 62.1 Å². The quantitative estimate of drug-likeness (QED) is 0.216. The van der Waals surface area contributed by atoms with Gasteiger partial charge in [-0.3, -0.25) is 14.5 Å². The molecule has 2 aliphatic heterocycles. The van der Waals surface area contributed by atoms with Crippen molar-refractivity contribution in [3.05, 3.63) is 47.2 Å². The van der Waals surface area contributed by atoms with Gasteiger partial charge in [-0.1, -0.05) is 99.9 Å². The van der Waals surface area contributed by atoms with Crippen LogP contribution in [-0.4, -0.2) is 78.8 Å². The number of alkyl carbamates (subject to hydrolysis) is 1. The topological polar surface area (TPSA) is 114 Å². The number of carbonyl (C=O) groups is 4. The summed E-state index contributed by atoms with van der Waals surface area (Å²) in [6.07, 6.45) is 0.840. The number of ether oxygens (including phenoxy) is 2. The number of carbonyl (C=O) groups excluding carboxylic acids is 4. The van der Waals surface area contributed by atoms with E-state index in [1.807, 2.05) is 6.26 Å². The van der Waals surface area contributed by atoms with Crippen LogP contribution in [0.15, 0.2) is 41.6 Å². The lowest BCUT2D eigenvalue weighted by Crippen LogP contribution is -2.71. The average Bonchev–Trinajstić information content (AvgIpc) is 2.87. The van der Waals surface area contributed by atoms with Crippen LogP contribution in [0.1, 0.15) is 11.6 Å². The molecule has 2 heterocycles. The normalized spacial score (nSPS) is 20.0. The monoisotopic (exact) mass is 697 g/mol. The maximum atomic E-state index is 13.3. The molecule has 1 unspecified atom stereocenters. The predicted molar refractivity (Wildman–Crippen MR) is 156 cm³/mol. The van der Waals surface area contributed by atoms with Crippen LogP contribution >= 0.6 is 93.1 Å². The van der Waals surface area contributed by atoms with E-state index in [1.165, 1.54) is 28.4 Å². The Morgan fingerprint density at radius 2 is 1.69 bits per heavy atom. The van der Waals surface area contributed by atoms with Crippen LogP contribution in [-0.2, 0) is 23.9 Å². The lowest BCUT2D eigenvalue weighted by Gasteiger charge is -2.50. The second-order valence-corrected chi connectivity index (χ2v) is 15.2. The van der Waals surface area contributed by atoms with Gasteiger partial charge in [0.25, 0.3) is 5.91 Å². The third-order valence-electron chi connectivity index (χ3n) is 5.25. The highest BCUT2D eigenvalue weighted by Gasteiger charge is 2.55. The Hall–Kier alpha value is -0.920. The molecule has 3 rings (SSSR count). The molecule has 0 aliphatic carbocycles. The number of halogens is 6. The van der Waals surface area contributed by atoms with Crippen LogP contribution < -0.4 is 10.6 Å². The minimum atomic E-state index is -1.85. The first kappa shape index (κ1) is 32.6. The number of amides is 3. The van der Waals surface area contributed by atoms with Gasteiger partial charge in [0, 0.05) is 11.5 Å². The molecule has 2 N–H and O–H groups in total. The predicted octanol–water partition coefficient (Wildman–Crippen LogP) is 4.75. The van der Waals surface area contributed by atoms with Gasteiger partial charge in [0.1, 0.15) is 36.4 Å². The van der Waals surface area contributed by atoms with Gasteiger partial charge in [-0.25, -0.2) is 9.59 Å². The second kappa shape index (κ2) is 13.8. The number of hydrogen-bond acceptors (Lipinski definition) is 8. The highest BCUT2D eigenvalue weighted by atomic mass is 35.6. The molecule has 9 nitrogen and oxygen atoms in total. The largest absolute Gasteiger partial charge is 0.456 e. The second-order valence-electron chi connectivity index (χ2n) is 8.15. The fourth-order valence-electron chi connectivity index (χ4n) is 3.66. The number of rotatable bonds is 9. The molecule has 3 amide bonds. The summed E-state index contributed by atoms with van der Waals surface area (Å²) < 4.78 is 6.36. The van der Waals surface area contributed by atoms with Gasteiger partial charge < -0.3 is 20.1 Å². The summed E-state index contributed by atoms with van der Waals surface area (Å²) in [6.45, 7) is -1.06. The molecular formula is C22H21Cl6N3O6S2. The average molecular weight is 700 g/mol. The van der Waals surface area contributed by atoms with Crippen molar-refractivity contribution in [3.63, 3.8) is 0 Å². The van der Waals surface area contributed by atoms with E-state index in [2.05, 4.69) is 10.6 Å². The molecule has 0 radical (unpaired) electrons. The van der Waals surface area contributed by atoms with Crippen LogP contribution in [0.4, 0.5) is 4.79 Å². The van der Waals surface area contributed by atoms with Crippen LogP contribution in [0, 0.1) is 0 Å². The molecule has 0 aromatic heterocycles. The number of hydrogen-bond donors (Lipinski definition) is 2. The van der Waals surface area contributed by atoms with Gasteiger partial charge in [0.2, 0.25) is 13.5 Å². The van der Waals surface area contributed by atoms with Crippen molar-refractivity contribution in [1.82, 2.24) is 15.5 Å². The summed E-state index contributed by atoms with van der Waals surface area (Å²) in [5.41, 5.74) is 1.15. The molecule has 1 saturated heterocycles. The lowest BCUT2D eigenvalue weighted by molar-refractivity contribution is -0.153. The Bertz CT molecular complexity index is 1130. The first-order chi connectivity index (χ1) is 18.2. The van der Waals surface area contributed by atoms with Crippen LogP contribution in [0.2, 0.25) is 0 Å². The van der Waals surface area contributed by atoms with Crippen molar-refractivity contribution in [2.75, 3.05) is 31.0 Å². The van der Waals surface area contributed by atoms with Crippen molar-refractivity contribution in [2.24, 2.45) is 0 Å². The fraction of sp³-hybridized carbons (Fsp3) is 0.455. The Labute approximate surface area is 262 Å². The highest BCUT2D eigenvalue weighted by Crippen LogP contribution is 2.42. The molecule has 39 heavy (non-hydrogen) atoms. The molecule has 1 aromatic carbocycles. The highest BCUT2D eigenvalue weighted by molar-refractivity contribution is 8.00. The van der Waals surface area contributed by atoms with Crippen molar-refractivity contribution >= 4 is 117 Å². The lowest BCUT2D eigenvalue weighted by atomic mass is 10.0. The van der Waals surface area contributed by atoms with Crippen molar-refractivity contribution in [3.8, 4) is 0 Å². The van der Waals surface area contributed by atoms with Crippen LogP contribution in [0.3, 0.4) is 0 Å². The maximum absolute atomic E-state index is 13.3. The summed E-state index contributed by atoms with van der Waals surface area (Å²) in [5, 5.41) is 4.48. The zero-order chi connectivity index (χ0) is 29.0. The first-order valence-electron chi connectivity index (χ1n) is 11.0. The number of benzene rings is 1. The minimum Gasteiger partial charge on any atom is -0.456 e. The standard InChI is InChI=1S/C22H21Cl6N3O6S2/c1-38-7-12-8-39-18-14(17(33)31(18)15(12)19(34)36-9-21(23,24)25)29-16(32)13(11-5-3-2-4-6-11)30-20(35)37-10-22(26,27)28/h2-6,13-14,18H,7-10H2,1H3,(H,29,32)(H,30,35)/t13?,14-,18+/m1/s1. The zero-order valence-electron chi connectivity index (χ0n) is 19.9. The van der Waals surface area contributed by atoms with Crippen molar-refractivity contribution < 1.29 is 28.7 Å². The Morgan fingerprint density at radius 1 is 1.08 bits per heavy atom. The summed E-state index contributed by atoms with van der Waals surface area (Å²) in [6, 6.07) is 6.07. The minimum absolute atomic E-state index is 0.0610. The van der Waals surface area contributed by atoms with Crippen LogP contribution in [0.5, 0.6) is 0 Å². The Balaban J connectivity index is 1.76. The maximum Gasteiger partial charge on any atom is 0.408 e. The number of fused-ring (bicyclic) bond motifs is 1. The van der Waals surface area contributed by atoms with E-state index in [0.717, 1.165) is 0 Å². The van der Waals surface area contributed by atoms with E-state index in [4.69, 9.17) is 79.1 Å². The summed E-state index contributed by atoms with van der Waals surface area (Å²) in [4.78, 5) is 53.0. The molecule has 214 valence electrons. The van der Waals surface area contributed by atoms with Crippen molar-refractivity contribution in [1.29, 1.82) is 0 Å². The number of nitrogens with one attached hydrogen (secondary N) is 2. The zero-order valence-corrected chi connectivity index (χ0v) is 26.1. The third-order valence-corrected chi connectivity index (χ3v) is 7.88. The molecule has 2 aliphatic rings. The van der Waals surface area contributed by atoms with E-state index in [0.29, 0.717) is 22.6 Å². The SMILES string of the molecule is CSCC1=C(C(=O)OCC(Cl)(Cl)Cl)N2C(=O)[C@@H](NC(=O)C(NC(=O)OCC(Cl)(Cl)Cl)c3ccccc3)[C@@H]2SC1. The van der Waals surface area contributed by atoms with Gasteiger partial charge in [-0.15, -0.1) is 11.8 Å². The first-order valence-corrected chi connectivity index (χ1v) is 15.7. The molecule has 0 spiro atoms. The summed E-state index contributed by atoms with van der Waals surface area (Å²) >= 11 is 36.8. The molecule has 3 atom stereocenters. The molecule has 17 heteroatoms. The van der Waals surface area contributed by atoms with Gasteiger partial charge >= 0.3 is 12.1 Å². The summed E-state index contributed by atoms with van der Waals surface area (Å²) in [5.74, 6) is -1.16. The number of esters is 1. The molecule has 1 aromatic rings. The van der Waals surface area contributed by atoms with Crippen LogP contribution in [0.25, 0.3) is 0 Å². The molecular weight excluding hydrogens is 679 g/mol. The Morgan fingerprint density at radius 3 is 2.28 bits per heavy atom. The van der Waals surface area contributed by atoms with E-state index in [9.17, 15) is 19.2 Å². The number of nitrogens with zero attached hydrogens (tertiary/aromatic N) is 1. The van der Waals surface area contributed by atoms with E-state index >= 15 is 0 Å². The van der Waals surface area contributed by atoms with Gasteiger partial charge in [-0.05, 0) is 17.4 Å². The van der Waals surface area contributed by atoms with Gasteiger partial charge in [-0.2, -0.15) is 11.8 Å². The van der Waals surface area contributed by atoms with E-state index in [1.54, 1.807) is 30.3 Å². The van der Waals surface area contributed by atoms with Gasteiger partial charge in [0.05, 0.1) is 0 Å². The van der Waals surface area contributed by atoms with E-state index in [-0.39, 0.29) is 5.70 Å². The number of alkyl halides is 6.